The Kier molecular flexibility index (Phi) is 5.39. The molecule has 0 bridgehead atoms. The normalized spacial score (nSPS) is 14.6. The lowest BCUT2D eigenvalue weighted by molar-refractivity contribution is -0.150. The summed E-state index contributed by atoms with van der Waals surface area (Å²) in [7, 11) is 0. The van der Waals surface area contributed by atoms with Crippen LogP contribution in [0.15, 0.2) is 30.3 Å². The highest BCUT2D eigenvalue weighted by Crippen LogP contribution is 2.33. The van der Waals surface area contributed by atoms with Gasteiger partial charge in [0.25, 0.3) is 0 Å². The summed E-state index contributed by atoms with van der Waals surface area (Å²) >= 11 is 0. The van der Waals surface area contributed by atoms with Gasteiger partial charge in [0.2, 0.25) is 0 Å². The topological polar surface area (TPSA) is 26.3 Å². The summed E-state index contributed by atoms with van der Waals surface area (Å²) in [5, 5.41) is 0. The first kappa shape index (κ1) is 14.7. The van der Waals surface area contributed by atoms with Crippen molar-refractivity contribution >= 4 is 5.97 Å². The standard InChI is InChI=1S/C16H24O2/c1-11(2)15(14-9-7-6-8-10-14)16(12(3)4)18-13(5)17/h6-12,15-16H,1-5H3/t15-,16-/m1/s1. The Morgan fingerprint density at radius 1 is 1.00 bits per heavy atom. The number of rotatable bonds is 5. The monoisotopic (exact) mass is 248 g/mol. The van der Waals surface area contributed by atoms with E-state index in [4.69, 9.17) is 4.74 Å². The van der Waals surface area contributed by atoms with Crippen molar-refractivity contribution in [1.82, 2.24) is 0 Å². The zero-order valence-electron chi connectivity index (χ0n) is 12.0. The number of carbonyl (C=O) groups excluding carboxylic acids is 1. The lowest BCUT2D eigenvalue weighted by atomic mass is 9.79. The quantitative estimate of drug-likeness (QED) is 0.736. The van der Waals surface area contributed by atoms with Gasteiger partial charge >= 0.3 is 5.97 Å². The minimum Gasteiger partial charge on any atom is -0.462 e. The van der Waals surface area contributed by atoms with Crippen molar-refractivity contribution in [2.45, 2.75) is 46.6 Å². The molecule has 0 aliphatic heterocycles. The molecule has 18 heavy (non-hydrogen) atoms. The molecular weight excluding hydrogens is 224 g/mol. The molecule has 1 rings (SSSR count). The third kappa shape index (κ3) is 3.86. The maximum absolute atomic E-state index is 11.3. The third-order valence-corrected chi connectivity index (χ3v) is 3.22. The summed E-state index contributed by atoms with van der Waals surface area (Å²) in [4.78, 5) is 11.3. The van der Waals surface area contributed by atoms with E-state index in [2.05, 4.69) is 39.8 Å². The number of carbonyl (C=O) groups is 1. The van der Waals surface area contributed by atoms with Crippen LogP contribution < -0.4 is 0 Å². The molecule has 0 amide bonds. The first-order valence-corrected chi connectivity index (χ1v) is 6.65. The van der Waals surface area contributed by atoms with E-state index in [1.165, 1.54) is 12.5 Å². The molecule has 0 saturated carbocycles. The van der Waals surface area contributed by atoms with Gasteiger partial charge < -0.3 is 4.74 Å². The molecule has 0 aromatic heterocycles. The predicted molar refractivity (Wildman–Crippen MR) is 74.4 cm³/mol. The molecule has 0 spiro atoms. The van der Waals surface area contributed by atoms with Crippen LogP contribution in [0.2, 0.25) is 0 Å². The van der Waals surface area contributed by atoms with Crippen LogP contribution in [0.3, 0.4) is 0 Å². The number of hydrogen-bond acceptors (Lipinski definition) is 2. The Morgan fingerprint density at radius 3 is 1.94 bits per heavy atom. The highest BCUT2D eigenvalue weighted by molar-refractivity contribution is 5.66. The van der Waals surface area contributed by atoms with Crippen molar-refractivity contribution in [2.24, 2.45) is 11.8 Å². The average molecular weight is 248 g/mol. The predicted octanol–water partition coefficient (Wildman–Crippen LogP) is 4.01. The molecule has 2 atom stereocenters. The zero-order chi connectivity index (χ0) is 13.7. The molecule has 0 fully saturated rings. The fourth-order valence-corrected chi connectivity index (χ4v) is 2.44. The van der Waals surface area contributed by atoms with E-state index in [0.29, 0.717) is 11.8 Å². The summed E-state index contributed by atoms with van der Waals surface area (Å²) in [6, 6.07) is 10.3. The Balaban J connectivity index is 3.05. The second-order valence-electron chi connectivity index (χ2n) is 5.50. The maximum atomic E-state index is 11.3. The molecule has 0 unspecified atom stereocenters. The van der Waals surface area contributed by atoms with Crippen LogP contribution in [0, 0.1) is 11.8 Å². The van der Waals surface area contributed by atoms with Crippen molar-refractivity contribution in [3.8, 4) is 0 Å². The number of hydrogen-bond donors (Lipinski definition) is 0. The highest BCUT2D eigenvalue weighted by atomic mass is 16.5. The van der Waals surface area contributed by atoms with Crippen LogP contribution >= 0.6 is 0 Å². The van der Waals surface area contributed by atoms with E-state index in [0.717, 1.165) is 0 Å². The minimum absolute atomic E-state index is 0.0649. The van der Waals surface area contributed by atoms with Crippen molar-refractivity contribution in [3.63, 3.8) is 0 Å². The van der Waals surface area contributed by atoms with Gasteiger partial charge in [0.05, 0.1) is 0 Å². The molecule has 2 nitrogen and oxygen atoms in total. The Bertz CT molecular complexity index is 368. The highest BCUT2D eigenvalue weighted by Gasteiger charge is 2.30. The van der Waals surface area contributed by atoms with Crippen LogP contribution in [0.5, 0.6) is 0 Å². The minimum atomic E-state index is -0.199. The molecular formula is C16H24O2. The van der Waals surface area contributed by atoms with Crippen molar-refractivity contribution < 1.29 is 9.53 Å². The smallest absolute Gasteiger partial charge is 0.302 e. The second-order valence-corrected chi connectivity index (χ2v) is 5.50. The van der Waals surface area contributed by atoms with Gasteiger partial charge in [-0.15, -0.1) is 0 Å². The molecule has 1 aromatic rings. The fourth-order valence-electron chi connectivity index (χ4n) is 2.44. The van der Waals surface area contributed by atoms with Gasteiger partial charge in [-0.1, -0.05) is 58.0 Å². The van der Waals surface area contributed by atoms with E-state index >= 15 is 0 Å². The summed E-state index contributed by atoms with van der Waals surface area (Å²) in [5.41, 5.74) is 1.24. The lowest BCUT2D eigenvalue weighted by Crippen LogP contribution is -2.32. The van der Waals surface area contributed by atoms with Crippen LogP contribution in [0.25, 0.3) is 0 Å². The molecule has 1 aromatic carbocycles. The fraction of sp³-hybridized carbons (Fsp3) is 0.562. The average Bonchev–Trinajstić information content (AvgIpc) is 2.28. The van der Waals surface area contributed by atoms with Crippen LogP contribution in [-0.2, 0) is 9.53 Å². The third-order valence-electron chi connectivity index (χ3n) is 3.22. The summed E-state index contributed by atoms with van der Waals surface area (Å²) in [6.45, 7) is 10.0. The van der Waals surface area contributed by atoms with E-state index < -0.39 is 0 Å². The zero-order valence-corrected chi connectivity index (χ0v) is 12.0. The van der Waals surface area contributed by atoms with Crippen LogP contribution in [0.1, 0.15) is 46.1 Å². The van der Waals surface area contributed by atoms with Crippen molar-refractivity contribution in [3.05, 3.63) is 35.9 Å². The van der Waals surface area contributed by atoms with Gasteiger partial charge in [0, 0.05) is 12.8 Å². The summed E-state index contributed by atoms with van der Waals surface area (Å²) < 4.78 is 5.55. The first-order valence-electron chi connectivity index (χ1n) is 6.65. The van der Waals surface area contributed by atoms with Crippen molar-refractivity contribution in [1.29, 1.82) is 0 Å². The molecule has 100 valence electrons. The van der Waals surface area contributed by atoms with Gasteiger partial charge in [0.15, 0.2) is 0 Å². The number of esters is 1. The van der Waals surface area contributed by atoms with Gasteiger partial charge in [0.1, 0.15) is 6.10 Å². The Labute approximate surface area is 110 Å². The summed E-state index contributed by atoms with van der Waals surface area (Å²) in [5.74, 6) is 0.783. The molecule has 2 heteroatoms. The lowest BCUT2D eigenvalue weighted by Gasteiger charge is -2.32. The number of benzene rings is 1. The molecule has 0 radical (unpaired) electrons. The molecule has 0 aliphatic carbocycles. The molecule has 0 saturated heterocycles. The van der Waals surface area contributed by atoms with Crippen LogP contribution in [0.4, 0.5) is 0 Å². The largest absolute Gasteiger partial charge is 0.462 e. The van der Waals surface area contributed by atoms with E-state index in [-0.39, 0.29) is 18.0 Å². The van der Waals surface area contributed by atoms with Crippen molar-refractivity contribution in [2.75, 3.05) is 0 Å². The maximum Gasteiger partial charge on any atom is 0.302 e. The van der Waals surface area contributed by atoms with Crippen LogP contribution in [-0.4, -0.2) is 12.1 Å². The Hall–Kier alpha value is -1.31. The second kappa shape index (κ2) is 6.58. The van der Waals surface area contributed by atoms with Gasteiger partial charge in [-0.25, -0.2) is 0 Å². The van der Waals surface area contributed by atoms with E-state index in [1.807, 2.05) is 18.2 Å². The number of ether oxygens (including phenoxy) is 1. The summed E-state index contributed by atoms with van der Waals surface area (Å²) in [6.07, 6.45) is -0.0649. The molecule has 0 aliphatic rings. The SMILES string of the molecule is CC(=O)O[C@H](C(C)C)[C@@H](c1ccccc1)C(C)C. The molecule has 0 heterocycles. The van der Waals surface area contributed by atoms with Gasteiger partial charge in [-0.05, 0) is 17.4 Å². The van der Waals surface area contributed by atoms with Gasteiger partial charge in [-0.3, -0.25) is 4.79 Å². The van der Waals surface area contributed by atoms with Gasteiger partial charge in [-0.2, -0.15) is 0 Å². The first-order chi connectivity index (χ1) is 8.43. The van der Waals surface area contributed by atoms with E-state index in [9.17, 15) is 4.79 Å². The molecule has 0 N–H and O–H groups in total. The van der Waals surface area contributed by atoms with E-state index in [1.54, 1.807) is 0 Å². The Morgan fingerprint density at radius 2 is 1.56 bits per heavy atom.